The molecule has 0 radical (unpaired) electrons. The minimum absolute atomic E-state index is 0.0460. The number of rotatable bonds is 1. The molecule has 2 N–H and O–H groups in total. The van der Waals surface area contributed by atoms with Crippen molar-refractivity contribution in [1.82, 2.24) is 15.2 Å². The number of nitrogens with zero attached hydrogens (tertiary/aromatic N) is 1. The van der Waals surface area contributed by atoms with Gasteiger partial charge in [-0.15, -0.1) is 0 Å². The van der Waals surface area contributed by atoms with Gasteiger partial charge >= 0.3 is 0 Å². The summed E-state index contributed by atoms with van der Waals surface area (Å²) in [4.78, 5) is 27.7. The van der Waals surface area contributed by atoms with Crippen LogP contribution in [-0.2, 0) is 0 Å². The van der Waals surface area contributed by atoms with Gasteiger partial charge in [-0.3, -0.25) is 9.59 Å². The topological polar surface area (TPSA) is 65.2 Å². The maximum atomic E-state index is 12.2. The Morgan fingerprint density at radius 3 is 3.00 bits per heavy atom. The zero-order valence-corrected chi connectivity index (χ0v) is 11.1. The summed E-state index contributed by atoms with van der Waals surface area (Å²) in [5, 5.41) is 3.28. The molecule has 0 aliphatic carbocycles. The van der Waals surface area contributed by atoms with Gasteiger partial charge in [0, 0.05) is 31.9 Å². The third-order valence-corrected chi connectivity index (χ3v) is 3.35. The highest BCUT2D eigenvalue weighted by Gasteiger charge is 2.21. The van der Waals surface area contributed by atoms with Crippen LogP contribution in [0.2, 0.25) is 0 Å². The van der Waals surface area contributed by atoms with Gasteiger partial charge < -0.3 is 15.2 Å². The van der Waals surface area contributed by atoms with Crippen LogP contribution < -0.4 is 10.9 Å². The van der Waals surface area contributed by atoms with Gasteiger partial charge in [-0.1, -0.05) is 0 Å². The van der Waals surface area contributed by atoms with E-state index in [1.165, 1.54) is 6.20 Å². The quantitative estimate of drug-likeness (QED) is 0.797. The summed E-state index contributed by atoms with van der Waals surface area (Å²) in [5.74, 6) is -0.0460. The second-order valence-electron chi connectivity index (χ2n) is 4.17. The molecule has 5 nitrogen and oxygen atoms in total. The Hall–Kier alpha value is -1.14. The van der Waals surface area contributed by atoms with Crippen molar-refractivity contribution in [3.63, 3.8) is 0 Å². The first-order valence-electron chi connectivity index (χ1n) is 5.49. The smallest absolute Gasteiger partial charge is 0.262 e. The molecule has 17 heavy (non-hydrogen) atoms. The molecule has 1 amide bonds. The number of halogens is 1. The van der Waals surface area contributed by atoms with E-state index in [1.54, 1.807) is 11.0 Å². The first-order chi connectivity index (χ1) is 8.08. The fourth-order valence-electron chi connectivity index (χ4n) is 1.88. The van der Waals surface area contributed by atoms with Gasteiger partial charge in [0.25, 0.3) is 11.5 Å². The monoisotopic (exact) mass is 299 g/mol. The van der Waals surface area contributed by atoms with Crippen LogP contribution in [0.15, 0.2) is 21.5 Å². The van der Waals surface area contributed by atoms with E-state index < -0.39 is 0 Å². The highest BCUT2D eigenvalue weighted by Crippen LogP contribution is 2.10. The molecule has 1 aromatic rings. The van der Waals surface area contributed by atoms with Crippen LogP contribution in [0.4, 0.5) is 0 Å². The first kappa shape index (κ1) is 12.3. The number of hydrogen-bond donors (Lipinski definition) is 2. The van der Waals surface area contributed by atoms with E-state index in [1.807, 2.05) is 6.92 Å². The summed E-state index contributed by atoms with van der Waals surface area (Å²) in [6.45, 7) is 4.23. The summed E-state index contributed by atoms with van der Waals surface area (Å²) < 4.78 is 0.381. The molecule has 1 aromatic heterocycles. The largest absolute Gasteiger partial charge is 0.336 e. The van der Waals surface area contributed by atoms with Crippen molar-refractivity contribution in [2.75, 3.05) is 19.6 Å². The molecule has 0 aromatic carbocycles. The van der Waals surface area contributed by atoms with Crippen molar-refractivity contribution in [3.8, 4) is 0 Å². The lowest BCUT2D eigenvalue weighted by molar-refractivity contribution is 0.0708. The van der Waals surface area contributed by atoms with Crippen molar-refractivity contribution < 1.29 is 4.79 Å². The van der Waals surface area contributed by atoms with Gasteiger partial charge in [-0.05, 0) is 28.9 Å². The Labute approximate surface area is 107 Å². The van der Waals surface area contributed by atoms with Crippen LogP contribution in [0.5, 0.6) is 0 Å². The van der Waals surface area contributed by atoms with Crippen LogP contribution in [0, 0.1) is 0 Å². The first-order valence-corrected chi connectivity index (χ1v) is 6.28. The summed E-state index contributed by atoms with van der Waals surface area (Å²) >= 11 is 3.12. The number of pyridine rings is 1. The van der Waals surface area contributed by atoms with Gasteiger partial charge in [-0.25, -0.2) is 0 Å². The van der Waals surface area contributed by atoms with Gasteiger partial charge in [0.1, 0.15) is 0 Å². The molecular formula is C11H14BrN3O2. The fraction of sp³-hybridized carbons (Fsp3) is 0.455. The predicted molar refractivity (Wildman–Crippen MR) is 68.1 cm³/mol. The Morgan fingerprint density at radius 1 is 1.59 bits per heavy atom. The lowest BCUT2D eigenvalue weighted by atomic mass is 10.2. The van der Waals surface area contributed by atoms with E-state index in [9.17, 15) is 9.59 Å². The number of hydrogen-bond acceptors (Lipinski definition) is 3. The zero-order chi connectivity index (χ0) is 12.4. The molecule has 0 saturated carbocycles. The second-order valence-corrected chi connectivity index (χ2v) is 5.03. The average Bonchev–Trinajstić information content (AvgIpc) is 2.32. The summed E-state index contributed by atoms with van der Waals surface area (Å²) in [7, 11) is 0. The molecule has 2 rings (SSSR count). The SMILES string of the molecule is CC1CN(C(=O)c2c[nH]c(=O)c(Br)c2)CCN1. The Balaban J connectivity index is 2.18. The van der Waals surface area contributed by atoms with E-state index in [0.29, 0.717) is 29.2 Å². The molecule has 1 unspecified atom stereocenters. The van der Waals surface area contributed by atoms with Crippen LogP contribution in [-0.4, -0.2) is 41.5 Å². The maximum absolute atomic E-state index is 12.2. The molecule has 1 fully saturated rings. The van der Waals surface area contributed by atoms with Crippen LogP contribution >= 0.6 is 15.9 Å². The molecule has 6 heteroatoms. The summed E-state index contributed by atoms with van der Waals surface area (Å²) in [6, 6.07) is 1.87. The third kappa shape index (κ3) is 2.76. The van der Waals surface area contributed by atoms with E-state index in [0.717, 1.165) is 6.54 Å². The maximum Gasteiger partial charge on any atom is 0.262 e. The van der Waals surface area contributed by atoms with Gasteiger partial charge in [0.15, 0.2) is 0 Å². The highest BCUT2D eigenvalue weighted by atomic mass is 79.9. The lowest BCUT2D eigenvalue weighted by Gasteiger charge is -2.31. The number of carbonyl (C=O) groups excluding carboxylic acids is 1. The van der Waals surface area contributed by atoms with Gasteiger partial charge in [0.05, 0.1) is 10.0 Å². The number of carbonyl (C=O) groups is 1. The van der Waals surface area contributed by atoms with E-state index >= 15 is 0 Å². The van der Waals surface area contributed by atoms with Gasteiger partial charge in [-0.2, -0.15) is 0 Å². The lowest BCUT2D eigenvalue weighted by Crippen LogP contribution is -2.51. The second kappa shape index (κ2) is 5.01. The Morgan fingerprint density at radius 2 is 2.35 bits per heavy atom. The molecule has 2 heterocycles. The normalized spacial score (nSPS) is 20.4. The molecule has 0 spiro atoms. The van der Waals surface area contributed by atoms with Crippen LogP contribution in [0.3, 0.4) is 0 Å². The van der Waals surface area contributed by atoms with E-state index in [4.69, 9.17) is 0 Å². The molecule has 1 saturated heterocycles. The number of H-pyrrole nitrogens is 1. The fourth-order valence-corrected chi connectivity index (χ4v) is 2.24. The van der Waals surface area contributed by atoms with E-state index in [-0.39, 0.29) is 11.5 Å². The minimum atomic E-state index is -0.227. The highest BCUT2D eigenvalue weighted by molar-refractivity contribution is 9.10. The summed E-state index contributed by atoms with van der Waals surface area (Å²) in [5.41, 5.74) is 0.279. The summed E-state index contributed by atoms with van der Waals surface area (Å²) in [6.07, 6.45) is 1.46. The number of piperazine rings is 1. The van der Waals surface area contributed by atoms with Crippen molar-refractivity contribution in [3.05, 3.63) is 32.7 Å². The van der Waals surface area contributed by atoms with Crippen LogP contribution in [0.25, 0.3) is 0 Å². The predicted octanol–water partition coefficient (Wildman–Crippen LogP) is 0.571. The number of aromatic nitrogens is 1. The Kier molecular flexibility index (Phi) is 3.63. The zero-order valence-electron chi connectivity index (χ0n) is 9.50. The molecule has 92 valence electrons. The van der Waals surface area contributed by atoms with E-state index in [2.05, 4.69) is 26.2 Å². The van der Waals surface area contributed by atoms with Crippen molar-refractivity contribution in [1.29, 1.82) is 0 Å². The minimum Gasteiger partial charge on any atom is -0.336 e. The molecule has 1 atom stereocenters. The average molecular weight is 300 g/mol. The molecule has 1 aliphatic heterocycles. The van der Waals surface area contributed by atoms with Crippen molar-refractivity contribution in [2.24, 2.45) is 0 Å². The van der Waals surface area contributed by atoms with Crippen molar-refractivity contribution >= 4 is 21.8 Å². The molecular weight excluding hydrogens is 286 g/mol. The molecule has 1 aliphatic rings. The third-order valence-electron chi connectivity index (χ3n) is 2.76. The van der Waals surface area contributed by atoms with Gasteiger partial charge in [0.2, 0.25) is 0 Å². The molecule has 0 bridgehead atoms. The number of nitrogens with one attached hydrogen (secondary N) is 2. The standard InChI is InChI=1S/C11H14BrN3O2/c1-7-6-15(3-2-13-7)11(17)8-4-9(12)10(16)14-5-8/h4-5,7,13H,2-3,6H2,1H3,(H,14,16). The van der Waals surface area contributed by atoms with Crippen LogP contribution in [0.1, 0.15) is 17.3 Å². The Bertz CT molecular complexity index is 486. The number of aromatic amines is 1. The number of amides is 1. The van der Waals surface area contributed by atoms with Crippen molar-refractivity contribution in [2.45, 2.75) is 13.0 Å².